The van der Waals surface area contributed by atoms with E-state index in [2.05, 4.69) is 0 Å². The highest BCUT2D eigenvalue weighted by molar-refractivity contribution is 5.20. The average Bonchev–Trinajstić information content (AvgIpc) is 2.27. The first-order chi connectivity index (χ1) is 8.40. The lowest BCUT2D eigenvalue weighted by atomic mass is 10.1. The molecule has 0 amide bonds. The number of halogens is 4. The molecule has 0 bridgehead atoms. The molecular weight excluding hydrogens is 250 g/mol. The standard InChI is InChI=1S/C12H15F4NO/c13-10-5-2-1-4-9(10)11(17)8-18-7-3-6-12(14,15)16/h1-2,4-5,11H,3,6-8,17H2. The first kappa shape index (κ1) is 14.9. The van der Waals surface area contributed by atoms with Crippen LogP contribution in [0, 0.1) is 5.82 Å². The second-order valence-electron chi connectivity index (χ2n) is 3.92. The van der Waals surface area contributed by atoms with Gasteiger partial charge in [0.15, 0.2) is 0 Å². The van der Waals surface area contributed by atoms with Crippen molar-refractivity contribution in [2.45, 2.75) is 25.1 Å². The number of nitrogens with two attached hydrogens (primary N) is 1. The van der Waals surface area contributed by atoms with Gasteiger partial charge < -0.3 is 10.5 Å². The van der Waals surface area contributed by atoms with Gasteiger partial charge in [-0.2, -0.15) is 13.2 Å². The molecular formula is C12H15F4NO. The van der Waals surface area contributed by atoms with Crippen molar-refractivity contribution in [3.63, 3.8) is 0 Å². The van der Waals surface area contributed by atoms with Crippen LogP contribution in [0.3, 0.4) is 0 Å². The van der Waals surface area contributed by atoms with Crippen LogP contribution in [0.5, 0.6) is 0 Å². The van der Waals surface area contributed by atoms with Crippen LogP contribution in [0.2, 0.25) is 0 Å². The maximum Gasteiger partial charge on any atom is 0.389 e. The second-order valence-corrected chi connectivity index (χ2v) is 3.92. The number of rotatable bonds is 6. The molecule has 1 atom stereocenters. The van der Waals surface area contributed by atoms with E-state index >= 15 is 0 Å². The van der Waals surface area contributed by atoms with Gasteiger partial charge in [-0.25, -0.2) is 4.39 Å². The quantitative estimate of drug-likeness (QED) is 0.633. The van der Waals surface area contributed by atoms with Gasteiger partial charge in [0.2, 0.25) is 0 Å². The van der Waals surface area contributed by atoms with E-state index in [4.69, 9.17) is 10.5 Å². The summed E-state index contributed by atoms with van der Waals surface area (Å²) in [6, 6.07) is 5.31. The third kappa shape index (κ3) is 5.46. The lowest BCUT2D eigenvalue weighted by Gasteiger charge is -2.13. The zero-order valence-electron chi connectivity index (χ0n) is 9.71. The van der Waals surface area contributed by atoms with Crippen LogP contribution in [-0.4, -0.2) is 19.4 Å². The zero-order valence-corrected chi connectivity index (χ0v) is 9.71. The fourth-order valence-corrected chi connectivity index (χ4v) is 1.45. The third-order valence-electron chi connectivity index (χ3n) is 2.35. The van der Waals surface area contributed by atoms with Crippen LogP contribution in [0.4, 0.5) is 17.6 Å². The number of hydrogen-bond donors (Lipinski definition) is 1. The summed E-state index contributed by atoms with van der Waals surface area (Å²) in [5.41, 5.74) is 5.98. The van der Waals surface area contributed by atoms with Gasteiger partial charge >= 0.3 is 6.18 Å². The molecule has 0 radical (unpaired) electrons. The van der Waals surface area contributed by atoms with Crippen LogP contribution < -0.4 is 5.73 Å². The minimum Gasteiger partial charge on any atom is -0.379 e. The smallest absolute Gasteiger partial charge is 0.379 e. The van der Waals surface area contributed by atoms with E-state index in [1.807, 2.05) is 0 Å². The molecule has 1 rings (SSSR count). The van der Waals surface area contributed by atoms with E-state index in [1.54, 1.807) is 6.07 Å². The molecule has 0 aliphatic heterocycles. The Bertz CT molecular complexity index is 367. The van der Waals surface area contributed by atoms with Gasteiger partial charge in [0, 0.05) is 18.6 Å². The molecule has 2 nitrogen and oxygen atoms in total. The van der Waals surface area contributed by atoms with Crippen molar-refractivity contribution in [3.8, 4) is 0 Å². The van der Waals surface area contributed by atoms with Gasteiger partial charge in [0.25, 0.3) is 0 Å². The minimum absolute atomic E-state index is 0.00120. The minimum atomic E-state index is -4.17. The summed E-state index contributed by atoms with van der Waals surface area (Å²) in [6.07, 6.45) is -5.17. The first-order valence-corrected chi connectivity index (χ1v) is 5.54. The molecule has 2 N–H and O–H groups in total. The van der Waals surface area contributed by atoms with Gasteiger partial charge in [-0.3, -0.25) is 0 Å². The maximum absolute atomic E-state index is 13.3. The highest BCUT2D eigenvalue weighted by atomic mass is 19.4. The number of hydrogen-bond acceptors (Lipinski definition) is 2. The molecule has 1 aromatic carbocycles. The fourth-order valence-electron chi connectivity index (χ4n) is 1.45. The Kier molecular flexibility index (Phi) is 5.55. The van der Waals surface area contributed by atoms with E-state index in [9.17, 15) is 17.6 Å². The first-order valence-electron chi connectivity index (χ1n) is 5.54. The highest BCUT2D eigenvalue weighted by Crippen LogP contribution is 2.21. The second kappa shape index (κ2) is 6.70. The molecule has 6 heteroatoms. The Morgan fingerprint density at radius 3 is 2.50 bits per heavy atom. The third-order valence-corrected chi connectivity index (χ3v) is 2.35. The molecule has 18 heavy (non-hydrogen) atoms. The van der Waals surface area contributed by atoms with Crippen molar-refractivity contribution >= 4 is 0 Å². The fraction of sp³-hybridized carbons (Fsp3) is 0.500. The number of benzene rings is 1. The number of alkyl halides is 3. The van der Waals surface area contributed by atoms with E-state index in [0.29, 0.717) is 5.56 Å². The van der Waals surface area contributed by atoms with E-state index in [0.717, 1.165) is 0 Å². The lowest BCUT2D eigenvalue weighted by Crippen LogP contribution is -2.19. The molecule has 0 heterocycles. The van der Waals surface area contributed by atoms with Crippen molar-refractivity contribution in [2.24, 2.45) is 5.73 Å². The summed E-state index contributed by atoms with van der Waals surface area (Å²) in [5, 5.41) is 0. The summed E-state index contributed by atoms with van der Waals surface area (Å²) in [7, 11) is 0. The molecule has 1 unspecified atom stereocenters. The molecule has 0 saturated carbocycles. The lowest BCUT2D eigenvalue weighted by molar-refractivity contribution is -0.137. The van der Waals surface area contributed by atoms with Gasteiger partial charge in [-0.05, 0) is 12.5 Å². The van der Waals surface area contributed by atoms with E-state index in [1.165, 1.54) is 18.2 Å². The SMILES string of the molecule is NC(COCCCC(F)(F)F)c1ccccc1F. The van der Waals surface area contributed by atoms with Gasteiger partial charge in [-0.1, -0.05) is 18.2 Å². The Labute approximate surface area is 103 Å². The highest BCUT2D eigenvalue weighted by Gasteiger charge is 2.26. The molecule has 102 valence electrons. The summed E-state index contributed by atoms with van der Waals surface area (Å²) in [4.78, 5) is 0. The Balaban J connectivity index is 2.26. The van der Waals surface area contributed by atoms with Gasteiger partial charge in [0.05, 0.1) is 12.6 Å². The van der Waals surface area contributed by atoms with Crippen LogP contribution in [-0.2, 0) is 4.74 Å². The zero-order chi connectivity index (χ0) is 13.6. The van der Waals surface area contributed by atoms with Crippen molar-refractivity contribution in [1.82, 2.24) is 0 Å². The van der Waals surface area contributed by atoms with Crippen LogP contribution >= 0.6 is 0 Å². The van der Waals surface area contributed by atoms with Crippen molar-refractivity contribution < 1.29 is 22.3 Å². The summed E-state index contributed by atoms with van der Waals surface area (Å²) < 4.78 is 53.8. The molecule has 1 aromatic rings. The summed E-state index contributed by atoms with van der Waals surface area (Å²) in [5.74, 6) is -0.441. The Morgan fingerprint density at radius 1 is 1.22 bits per heavy atom. The van der Waals surface area contributed by atoms with Gasteiger partial charge in [0.1, 0.15) is 5.82 Å². The molecule has 0 spiro atoms. The van der Waals surface area contributed by atoms with E-state index < -0.39 is 24.5 Å². The predicted octanol–water partition coefficient (Wildman–Crippen LogP) is 3.18. The van der Waals surface area contributed by atoms with Crippen molar-refractivity contribution in [3.05, 3.63) is 35.6 Å². The monoisotopic (exact) mass is 265 g/mol. The van der Waals surface area contributed by atoms with Crippen molar-refractivity contribution in [2.75, 3.05) is 13.2 Å². The Morgan fingerprint density at radius 2 is 1.89 bits per heavy atom. The normalized spacial score (nSPS) is 13.6. The molecule has 0 aliphatic carbocycles. The maximum atomic E-state index is 13.3. The molecule has 0 saturated heterocycles. The van der Waals surface area contributed by atoms with Gasteiger partial charge in [-0.15, -0.1) is 0 Å². The molecule has 0 aromatic heterocycles. The van der Waals surface area contributed by atoms with E-state index in [-0.39, 0.29) is 19.6 Å². The summed E-state index contributed by atoms with van der Waals surface area (Å²) >= 11 is 0. The van der Waals surface area contributed by atoms with Crippen LogP contribution in [0.15, 0.2) is 24.3 Å². The van der Waals surface area contributed by atoms with Crippen LogP contribution in [0.1, 0.15) is 24.4 Å². The molecule has 0 aliphatic rings. The largest absolute Gasteiger partial charge is 0.389 e. The summed E-state index contributed by atoms with van der Waals surface area (Å²) in [6.45, 7) is -0.0412. The van der Waals surface area contributed by atoms with Crippen molar-refractivity contribution in [1.29, 1.82) is 0 Å². The topological polar surface area (TPSA) is 35.2 Å². The predicted molar refractivity (Wildman–Crippen MR) is 59.4 cm³/mol. The van der Waals surface area contributed by atoms with Crippen LogP contribution in [0.25, 0.3) is 0 Å². The average molecular weight is 265 g/mol. The Hall–Kier alpha value is -1.14. The number of ether oxygens (including phenoxy) is 1. The molecule has 0 fully saturated rings.